The van der Waals surface area contributed by atoms with Gasteiger partial charge in [-0.2, -0.15) is 0 Å². The van der Waals surface area contributed by atoms with E-state index in [1.807, 2.05) is 30.3 Å². The summed E-state index contributed by atoms with van der Waals surface area (Å²) in [4.78, 5) is 4.35. The Balaban J connectivity index is 2.31. The van der Waals surface area contributed by atoms with Gasteiger partial charge < -0.3 is 10.5 Å². The van der Waals surface area contributed by atoms with E-state index >= 15 is 0 Å². The molecule has 1 heterocycles. The van der Waals surface area contributed by atoms with Gasteiger partial charge in [0.05, 0.1) is 7.11 Å². The maximum atomic E-state index is 6.33. The highest BCUT2D eigenvalue weighted by Gasteiger charge is 2.21. The highest BCUT2D eigenvalue weighted by Crippen LogP contribution is 2.34. The Morgan fingerprint density at radius 2 is 2.05 bits per heavy atom. The Morgan fingerprint density at radius 3 is 2.68 bits per heavy atom. The Morgan fingerprint density at radius 1 is 1.26 bits per heavy atom. The molecule has 1 aromatic carbocycles. The van der Waals surface area contributed by atoms with Gasteiger partial charge in [0, 0.05) is 34.4 Å². The Hall–Kier alpha value is -1.58. The van der Waals surface area contributed by atoms with E-state index in [9.17, 15) is 0 Å². The minimum absolute atomic E-state index is 0.0938. The SMILES string of the molecule is COc1cc(Cl)ccc1C(N)C(C)c1ccccn1. The average molecular weight is 277 g/mol. The molecular formula is C15H17ClN2O. The summed E-state index contributed by atoms with van der Waals surface area (Å²) >= 11 is 5.96. The highest BCUT2D eigenvalue weighted by molar-refractivity contribution is 6.30. The number of rotatable bonds is 4. The fraction of sp³-hybridized carbons (Fsp3) is 0.267. The van der Waals surface area contributed by atoms with E-state index in [2.05, 4.69) is 11.9 Å². The van der Waals surface area contributed by atoms with Crippen molar-refractivity contribution in [1.29, 1.82) is 0 Å². The molecule has 0 saturated carbocycles. The van der Waals surface area contributed by atoms with E-state index in [4.69, 9.17) is 22.1 Å². The molecule has 0 saturated heterocycles. The molecule has 0 fully saturated rings. The third-order valence-electron chi connectivity index (χ3n) is 3.25. The van der Waals surface area contributed by atoms with Crippen molar-refractivity contribution in [3.8, 4) is 5.75 Å². The van der Waals surface area contributed by atoms with E-state index in [0.717, 1.165) is 11.3 Å². The average Bonchev–Trinajstić information content (AvgIpc) is 2.46. The Bertz CT molecular complexity index is 545. The second-order valence-corrected chi connectivity index (χ2v) is 4.89. The van der Waals surface area contributed by atoms with Crippen LogP contribution in [0.3, 0.4) is 0 Å². The van der Waals surface area contributed by atoms with Crippen LogP contribution in [0.15, 0.2) is 42.6 Å². The van der Waals surface area contributed by atoms with Gasteiger partial charge in [-0.1, -0.05) is 30.7 Å². The van der Waals surface area contributed by atoms with Gasteiger partial charge >= 0.3 is 0 Å². The van der Waals surface area contributed by atoms with Gasteiger partial charge in [0.25, 0.3) is 0 Å². The van der Waals surface area contributed by atoms with Gasteiger partial charge in [0.2, 0.25) is 0 Å². The summed E-state index contributed by atoms with van der Waals surface area (Å²) in [5.74, 6) is 0.805. The van der Waals surface area contributed by atoms with Crippen LogP contribution in [0.2, 0.25) is 5.02 Å². The number of methoxy groups -OCH3 is 1. The van der Waals surface area contributed by atoms with Crippen molar-refractivity contribution < 1.29 is 4.74 Å². The van der Waals surface area contributed by atoms with E-state index in [1.54, 1.807) is 19.4 Å². The monoisotopic (exact) mass is 276 g/mol. The molecule has 2 aromatic rings. The molecule has 2 unspecified atom stereocenters. The zero-order valence-corrected chi connectivity index (χ0v) is 11.8. The lowest BCUT2D eigenvalue weighted by molar-refractivity contribution is 0.402. The minimum Gasteiger partial charge on any atom is -0.496 e. The summed E-state index contributed by atoms with van der Waals surface area (Å²) in [5, 5.41) is 0.637. The first-order chi connectivity index (χ1) is 9.13. The third kappa shape index (κ3) is 3.06. The summed E-state index contributed by atoms with van der Waals surface area (Å²) in [7, 11) is 1.62. The highest BCUT2D eigenvalue weighted by atomic mass is 35.5. The fourth-order valence-corrected chi connectivity index (χ4v) is 2.22. The lowest BCUT2D eigenvalue weighted by Crippen LogP contribution is -2.19. The molecule has 2 rings (SSSR count). The molecule has 2 N–H and O–H groups in total. The largest absolute Gasteiger partial charge is 0.496 e. The zero-order chi connectivity index (χ0) is 13.8. The zero-order valence-electron chi connectivity index (χ0n) is 11.0. The van der Waals surface area contributed by atoms with Crippen LogP contribution in [0.4, 0.5) is 0 Å². The Kier molecular flexibility index (Phi) is 4.40. The van der Waals surface area contributed by atoms with E-state index < -0.39 is 0 Å². The summed E-state index contributed by atoms with van der Waals surface area (Å²) < 4.78 is 5.35. The third-order valence-corrected chi connectivity index (χ3v) is 3.48. The van der Waals surface area contributed by atoms with Gasteiger partial charge in [-0.15, -0.1) is 0 Å². The van der Waals surface area contributed by atoms with Crippen LogP contribution in [0.5, 0.6) is 5.75 Å². The van der Waals surface area contributed by atoms with Crippen molar-refractivity contribution in [2.24, 2.45) is 5.73 Å². The number of aromatic nitrogens is 1. The number of pyridine rings is 1. The maximum absolute atomic E-state index is 6.33. The second-order valence-electron chi connectivity index (χ2n) is 4.46. The molecule has 100 valence electrons. The number of hydrogen-bond acceptors (Lipinski definition) is 3. The van der Waals surface area contributed by atoms with E-state index in [-0.39, 0.29) is 12.0 Å². The molecule has 2 atom stereocenters. The molecule has 1 aromatic heterocycles. The van der Waals surface area contributed by atoms with Crippen LogP contribution < -0.4 is 10.5 Å². The summed E-state index contributed by atoms with van der Waals surface area (Å²) in [6.07, 6.45) is 1.78. The maximum Gasteiger partial charge on any atom is 0.125 e. The molecule has 0 spiro atoms. The second kappa shape index (κ2) is 6.04. The lowest BCUT2D eigenvalue weighted by atomic mass is 9.91. The van der Waals surface area contributed by atoms with Gasteiger partial charge in [0.1, 0.15) is 5.75 Å². The van der Waals surface area contributed by atoms with Gasteiger partial charge in [0.15, 0.2) is 0 Å². The van der Waals surface area contributed by atoms with Crippen LogP contribution in [0.25, 0.3) is 0 Å². The topological polar surface area (TPSA) is 48.1 Å². The van der Waals surface area contributed by atoms with E-state index in [0.29, 0.717) is 10.8 Å². The molecule has 0 radical (unpaired) electrons. The quantitative estimate of drug-likeness (QED) is 0.929. The standard InChI is InChI=1S/C15H17ClN2O/c1-10(13-5-3-4-8-18-13)15(17)12-7-6-11(16)9-14(12)19-2/h3-10,15H,17H2,1-2H3. The number of halogens is 1. The molecule has 0 bridgehead atoms. The molecule has 0 amide bonds. The normalized spacial score (nSPS) is 13.9. The first kappa shape index (κ1) is 13.8. The van der Waals surface area contributed by atoms with Crippen molar-refractivity contribution in [1.82, 2.24) is 4.98 Å². The van der Waals surface area contributed by atoms with Crippen LogP contribution >= 0.6 is 11.6 Å². The predicted molar refractivity (Wildman–Crippen MR) is 77.6 cm³/mol. The summed E-state index contributed by atoms with van der Waals surface area (Å²) in [6.45, 7) is 2.06. The van der Waals surface area contributed by atoms with Gasteiger partial charge in [-0.05, 0) is 24.3 Å². The van der Waals surface area contributed by atoms with Crippen molar-refractivity contribution >= 4 is 11.6 Å². The first-order valence-electron chi connectivity index (χ1n) is 6.13. The summed E-state index contributed by atoms with van der Waals surface area (Å²) in [6, 6.07) is 11.2. The van der Waals surface area contributed by atoms with Gasteiger partial charge in [-0.3, -0.25) is 4.98 Å². The summed E-state index contributed by atoms with van der Waals surface area (Å²) in [5.41, 5.74) is 8.23. The molecule has 0 aliphatic carbocycles. The molecular weight excluding hydrogens is 260 g/mol. The number of ether oxygens (including phenoxy) is 1. The van der Waals surface area contributed by atoms with Crippen LogP contribution in [-0.2, 0) is 0 Å². The van der Waals surface area contributed by atoms with E-state index in [1.165, 1.54) is 0 Å². The van der Waals surface area contributed by atoms with Crippen molar-refractivity contribution in [2.75, 3.05) is 7.11 Å². The number of hydrogen-bond donors (Lipinski definition) is 1. The Labute approximate surface area is 118 Å². The van der Waals surface area contributed by atoms with Crippen LogP contribution in [-0.4, -0.2) is 12.1 Å². The smallest absolute Gasteiger partial charge is 0.125 e. The fourth-order valence-electron chi connectivity index (χ4n) is 2.06. The van der Waals surface area contributed by atoms with Crippen molar-refractivity contribution in [2.45, 2.75) is 18.9 Å². The lowest BCUT2D eigenvalue weighted by Gasteiger charge is -2.22. The van der Waals surface area contributed by atoms with Crippen molar-refractivity contribution in [3.05, 3.63) is 58.9 Å². The predicted octanol–water partition coefficient (Wildman–Crippen LogP) is 3.55. The molecule has 3 nitrogen and oxygen atoms in total. The molecule has 19 heavy (non-hydrogen) atoms. The number of nitrogens with zero attached hydrogens (tertiary/aromatic N) is 1. The number of benzene rings is 1. The van der Waals surface area contributed by atoms with Crippen molar-refractivity contribution in [3.63, 3.8) is 0 Å². The molecule has 0 aliphatic heterocycles. The number of nitrogens with two attached hydrogens (primary N) is 1. The minimum atomic E-state index is -0.192. The van der Waals surface area contributed by atoms with Crippen LogP contribution in [0, 0.1) is 0 Å². The first-order valence-corrected chi connectivity index (χ1v) is 6.51. The van der Waals surface area contributed by atoms with Crippen LogP contribution in [0.1, 0.15) is 30.1 Å². The molecule has 4 heteroatoms. The molecule has 0 aliphatic rings. The van der Waals surface area contributed by atoms with Gasteiger partial charge in [-0.25, -0.2) is 0 Å².